The standard InChI is InChI=1S/C38H60O5.C8H10O.C5H13N/c1-11-29(40)38-19-14-25-24(32(38)31(22(2)3)26(39)21-38)12-13-28-36(25,9)17-15-27-35(7,8)30(16-18-37(27,28)10)43-23(4)20-34(5,6)33(41)42;1-2-7-3-5-8(9)6-4-7;1-4-5-6(2)3/h22,24-25,27-30,40H,4,11-21H2,1-3,5-10H3,(H,41,42);3-6,9H,2H2,1H3;4-5H2,1-3H3. The highest BCUT2D eigenvalue weighted by atomic mass is 16.5. The van der Waals surface area contributed by atoms with Gasteiger partial charge >= 0.3 is 5.97 Å². The average Bonchev–Trinajstić information content (AvgIpc) is 3.46. The Morgan fingerprint density at radius 2 is 1.55 bits per heavy atom. The molecule has 7 heteroatoms. The highest BCUT2D eigenvalue weighted by molar-refractivity contribution is 6.00. The molecule has 0 radical (unpaired) electrons. The van der Waals surface area contributed by atoms with Crippen molar-refractivity contribution in [2.24, 2.45) is 56.7 Å². The number of aryl methyl sites for hydroxylation is 1. The third-order valence-electron chi connectivity index (χ3n) is 16.2. The largest absolute Gasteiger partial charge is 0.508 e. The molecule has 1 aromatic carbocycles. The fraction of sp³-hybridized carbons (Fsp3) is 0.765. The number of carboxylic acid groups (broad SMARTS) is 1. The number of carboxylic acids is 1. The van der Waals surface area contributed by atoms with Gasteiger partial charge in [0.25, 0.3) is 0 Å². The molecule has 5 aliphatic rings. The van der Waals surface area contributed by atoms with E-state index in [0.29, 0.717) is 60.2 Å². The quantitative estimate of drug-likeness (QED) is 0.191. The number of carbonyl (C=O) groups is 2. The number of ether oxygens (including phenoxy) is 1. The van der Waals surface area contributed by atoms with Gasteiger partial charge in [-0.3, -0.25) is 9.59 Å². The molecule has 7 nitrogen and oxygen atoms in total. The molecule has 0 heterocycles. The molecule has 328 valence electrons. The predicted octanol–water partition coefficient (Wildman–Crippen LogP) is 11.7. The summed E-state index contributed by atoms with van der Waals surface area (Å²) in [7, 11) is 4.17. The topological polar surface area (TPSA) is 107 Å². The number of allylic oxidation sites excluding steroid dienone is 2. The van der Waals surface area contributed by atoms with Gasteiger partial charge in [-0.2, -0.15) is 0 Å². The number of hydrogen-bond donors (Lipinski definition) is 3. The summed E-state index contributed by atoms with van der Waals surface area (Å²) in [6.07, 6.45) is 12.3. The fourth-order valence-electron chi connectivity index (χ4n) is 13.3. The van der Waals surface area contributed by atoms with Crippen LogP contribution in [0.5, 0.6) is 5.75 Å². The number of carbonyl (C=O) groups excluding carboxylic acids is 1. The van der Waals surface area contributed by atoms with E-state index in [0.717, 1.165) is 44.1 Å². The molecule has 0 aliphatic heterocycles. The Hall–Kier alpha value is -2.64. The Bertz CT molecular complexity index is 1620. The second-order valence-corrected chi connectivity index (χ2v) is 21.3. The van der Waals surface area contributed by atoms with Gasteiger partial charge in [0.1, 0.15) is 11.9 Å². The van der Waals surface area contributed by atoms with E-state index in [-0.39, 0.29) is 33.7 Å². The molecule has 9 atom stereocenters. The lowest BCUT2D eigenvalue weighted by Gasteiger charge is -2.69. The maximum atomic E-state index is 13.6. The molecule has 4 saturated carbocycles. The molecule has 0 bridgehead atoms. The van der Waals surface area contributed by atoms with Crippen LogP contribution in [0.15, 0.2) is 47.7 Å². The summed E-state index contributed by atoms with van der Waals surface area (Å²) in [4.78, 5) is 27.5. The van der Waals surface area contributed by atoms with Crippen molar-refractivity contribution < 1.29 is 29.6 Å². The van der Waals surface area contributed by atoms with Crippen LogP contribution in [-0.2, 0) is 20.7 Å². The number of aliphatic hydroxyl groups excluding tert-OH is 1. The van der Waals surface area contributed by atoms with Crippen LogP contribution in [0.3, 0.4) is 0 Å². The second kappa shape index (κ2) is 18.5. The lowest BCUT2D eigenvalue weighted by atomic mass is 9.36. The second-order valence-electron chi connectivity index (χ2n) is 21.3. The summed E-state index contributed by atoms with van der Waals surface area (Å²) in [6, 6.07) is 7.27. The number of hydrogen-bond acceptors (Lipinski definition) is 6. The molecular formula is C51H83NO6. The van der Waals surface area contributed by atoms with Crippen molar-refractivity contribution in [1.29, 1.82) is 0 Å². The molecule has 3 N–H and O–H groups in total. The minimum Gasteiger partial charge on any atom is -0.508 e. The minimum absolute atomic E-state index is 0.0393. The van der Waals surface area contributed by atoms with Gasteiger partial charge in [-0.15, -0.1) is 0 Å². The van der Waals surface area contributed by atoms with Crippen molar-refractivity contribution >= 4 is 11.8 Å². The Balaban J connectivity index is 0.000000416. The van der Waals surface area contributed by atoms with E-state index >= 15 is 0 Å². The molecular weight excluding hydrogens is 723 g/mol. The van der Waals surface area contributed by atoms with Gasteiger partial charge in [-0.1, -0.05) is 86.6 Å². The van der Waals surface area contributed by atoms with Crippen molar-refractivity contribution in [1.82, 2.24) is 4.90 Å². The fourth-order valence-corrected chi connectivity index (χ4v) is 13.3. The monoisotopic (exact) mass is 806 g/mol. The van der Waals surface area contributed by atoms with Crippen molar-refractivity contribution in [2.75, 3.05) is 20.6 Å². The maximum absolute atomic E-state index is 13.6. The van der Waals surface area contributed by atoms with Crippen LogP contribution in [0.4, 0.5) is 0 Å². The number of phenolic OH excluding ortho intramolecular Hbond substituents is 1. The number of phenols is 1. The number of rotatable bonds is 11. The summed E-state index contributed by atoms with van der Waals surface area (Å²) >= 11 is 0. The van der Waals surface area contributed by atoms with Gasteiger partial charge in [-0.25, -0.2) is 0 Å². The first-order valence-corrected chi connectivity index (χ1v) is 22.9. The van der Waals surface area contributed by atoms with Crippen molar-refractivity contribution in [3.05, 3.63) is 53.3 Å². The van der Waals surface area contributed by atoms with Crippen molar-refractivity contribution in [3.63, 3.8) is 0 Å². The molecule has 1 aromatic rings. The zero-order valence-electron chi connectivity index (χ0n) is 39.0. The predicted molar refractivity (Wildman–Crippen MR) is 237 cm³/mol. The summed E-state index contributed by atoms with van der Waals surface area (Å²) < 4.78 is 6.55. The normalized spacial score (nSPS) is 33.0. The number of ketones is 1. The van der Waals surface area contributed by atoms with Gasteiger partial charge in [-0.05, 0) is 169 Å². The van der Waals surface area contributed by atoms with Crippen molar-refractivity contribution in [3.8, 4) is 5.75 Å². The number of benzene rings is 1. The number of aliphatic hydroxyl groups is 1. The van der Waals surface area contributed by atoms with E-state index in [9.17, 15) is 19.8 Å². The molecule has 58 heavy (non-hydrogen) atoms. The number of Topliss-reactive ketones (excluding diaryl/α,β-unsaturated/α-hetero) is 1. The van der Waals surface area contributed by atoms with Gasteiger partial charge in [0.15, 0.2) is 5.78 Å². The van der Waals surface area contributed by atoms with Crippen LogP contribution in [0.25, 0.3) is 0 Å². The van der Waals surface area contributed by atoms with E-state index < -0.39 is 17.5 Å². The molecule has 5 aliphatic carbocycles. The molecule has 0 spiro atoms. The number of aliphatic carboxylic acids is 1. The van der Waals surface area contributed by atoms with Gasteiger partial charge in [0.05, 0.1) is 17.3 Å². The van der Waals surface area contributed by atoms with E-state index in [1.165, 1.54) is 43.4 Å². The summed E-state index contributed by atoms with van der Waals surface area (Å²) in [5, 5.41) is 29.9. The SMILES string of the molecule is C=C(CC(C)(C)C(=O)O)OC1CCC2(C)C(CCC3(C)C4CCC5(C(O)CC)CC(=O)C(C(C)C)=C5C4CCC32)C1(C)C.CCCN(C)C.CCc1ccc(O)cc1. The average molecular weight is 806 g/mol. The minimum atomic E-state index is -0.894. The van der Waals surface area contributed by atoms with Crippen LogP contribution in [-0.4, -0.2) is 64.8 Å². The number of aromatic hydroxyl groups is 1. The summed E-state index contributed by atoms with van der Waals surface area (Å²) in [6.45, 7) is 29.5. The molecule has 9 unspecified atom stereocenters. The third kappa shape index (κ3) is 9.31. The Labute approximate surface area is 353 Å². The smallest absolute Gasteiger partial charge is 0.309 e. The summed E-state index contributed by atoms with van der Waals surface area (Å²) in [5.41, 5.74) is 2.85. The van der Waals surface area contributed by atoms with Crippen LogP contribution < -0.4 is 0 Å². The van der Waals surface area contributed by atoms with Gasteiger partial charge in [0, 0.05) is 23.7 Å². The lowest BCUT2D eigenvalue weighted by molar-refractivity contribution is -0.207. The zero-order valence-corrected chi connectivity index (χ0v) is 39.0. The summed E-state index contributed by atoms with van der Waals surface area (Å²) in [5.74, 6) is 2.74. The van der Waals surface area contributed by atoms with Gasteiger partial charge in [0.2, 0.25) is 0 Å². The first-order chi connectivity index (χ1) is 27.0. The Morgan fingerprint density at radius 3 is 2.07 bits per heavy atom. The third-order valence-corrected chi connectivity index (χ3v) is 16.2. The Kier molecular flexibility index (Phi) is 15.4. The lowest BCUT2D eigenvalue weighted by Crippen LogP contribution is -2.63. The van der Waals surface area contributed by atoms with Gasteiger partial charge < -0.3 is 25.0 Å². The highest BCUT2D eigenvalue weighted by Crippen LogP contribution is 2.73. The number of fused-ring (bicyclic) bond motifs is 7. The maximum Gasteiger partial charge on any atom is 0.309 e. The van der Waals surface area contributed by atoms with Crippen LogP contribution in [0.2, 0.25) is 0 Å². The van der Waals surface area contributed by atoms with E-state index in [1.807, 2.05) is 12.1 Å². The first kappa shape index (κ1) is 48.0. The van der Waals surface area contributed by atoms with Crippen LogP contribution in [0.1, 0.15) is 159 Å². The van der Waals surface area contributed by atoms with E-state index in [1.54, 1.807) is 26.0 Å². The zero-order chi connectivity index (χ0) is 43.6. The van der Waals surface area contributed by atoms with Crippen molar-refractivity contribution in [2.45, 2.75) is 172 Å². The molecule has 4 fully saturated rings. The molecule has 0 amide bonds. The molecule has 0 aromatic heterocycles. The van der Waals surface area contributed by atoms with E-state index in [2.05, 4.69) is 87.9 Å². The first-order valence-electron chi connectivity index (χ1n) is 22.9. The van der Waals surface area contributed by atoms with Crippen LogP contribution in [0, 0.1) is 56.7 Å². The molecule has 6 rings (SSSR count). The Morgan fingerprint density at radius 1 is 0.931 bits per heavy atom. The number of nitrogens with zero attached hydrogens (tertiary/aromatic N) is 1. The van der Waals surface area contributed by atoms with E-state index in [4.69, 9.17) is 9.84 Å². The highest BCUT2D eigenvalue weighted by Gasteiger charge is 2.67. The molecule has 0 saturated heterocycles. The van der Waals surface area contributed by atoms with Crippen LogP contribution >= 0.6 is 0 Å².